The second-order valence-corrected chi connectivity index (χ2v) is 9.16. The van der Waals surface area contributed by atoms with Gasteiger partial charge in [-0.2, -0.15) is 4.31 Å². The quantitative estimate of drug-likeness (QED) is 0.798. The van der Waals surface area contributed by atoms with Crippen LogP contribution in [0.3, 0.4) is 0 Å². The molecule has 2 fully saturated rings. The first-order valence-corrected chi connectivity index (χ1v) is 10.1. The van der Waals surface area contributed by atoms with Gasteiger partial charge in [-0.15, -0.1) is 0 Å². The fourth-order valence-corrected chi connectivity index (χ4v) is 4.46. The van der Waals surface area contributed by atoms with E-state index in [1.54, 1.807) is 4.31 Å². The van der Waals surface area contributed by atoms with Gasteiger partial charge in [-0.25, -0.2) is 8.42 Å². The second-order valence-electron chi connectivity index (χ2n) is 7.18. The standard InChI is InChI=1S/C15H31N3O2S/c1-14(2)16-12-15(6-4-5-7-15)13-17-8-10-18(11-9-17)21(3,19)20/h14,16H,4-13H2,1-3H3. The minimum atomic E-state index is -3.02. The molecule has 0 aromatic carbocycles. The lowest BCUT2D eigenvalue weighted by Gasteiger charge is -2.40. The molecule has 0 aromatic heterocycles. The van der Waals surface area contributed by atoms with Crippen molar-refractivity contribution in [3.05, 3.63) is 0 Å². The second kappa shape index (κ2) is 6.94. The molecule has 1 aliphatic carbocycles. The predicted molar refractivity (Wildman–Crippen MR) is 86.9 cm³/mol. The van der Waals surface area contributed by atoms with E-state index in [9.17, 15) is 8.42 Å². The summed E-state index contributed by atoms with van der Waals surface area (Å²) in [5.41, 5.74) is 0.400. The molecule has 2 rings (SSSR count). The van der Waals surface area contributed by atoms with Gasteiger partial charge in [0.05, 0.1) is 6.26 Å². The molecule has 21 heavy (non-hydrogen) atoms. The number of nitrogens with zero attached hydrogens (tertiary/aromatic N) is 2. The third-order valence-electron chi connectivity index (χ3n) is 4.91. The van der Waals surface area contributed by atoms with E-state index in [4.69, 9.17) is 0 Å². The van der Waals surface area contributed by atoms with Crippen molar-refractivity contribution in [2.45, 2.75) is 45.6 Å². The number of nitrogens with one attached hydrogen (secondary N) is 1. The third kappa shape index (κ3) is 4.91. The first kappa shape index (κ1) is 17.2. The summed E-state index contributed by atoms with van der Waals surface area (Å²) in [5, 5.41) is 3.62. The Hall–Kier alpha value is -0.170. The maximum Gasteiger partial charge on any atom is 0.211 e. The maximum atomic E-state index is 11.6. The molecule has 1 heterocycles. The summed E-state index contributed by atoms with van der Waals surface area (Å²) >= 11 is 0. The summed E-state index contributed by atoms with van der Waals surface area (Å²) in [6.45, 7) is 9.65. The summed E-state index contributed by atoms with van der Waals surface area (Å²) in [4.78, 5) is 2.47. The molecule has 124 valence electrons. The van der Waals surface area contributed by atoms with Crippen molar-refractivity contribution in [1.82, 2.24) is 14.5 Å². The molecule has 1 saturated carbocycles. The van der Waals surface area contributed by atoms with Gasteiger partial charge in [0, 0.05) is 45.3 Å². The Morgan fingerprint density at radius 1 is 1.10 bits per heavy atom. The summed E-state index contributed by atoms with van der Waals surface area (Å²) in [6.07, 6.45) is 6.60. The van der Waals surface area contributed by atoms with E-state index in [0.29, 0.717) is 24.5 Å². The van der Waals surface area contributed by atoms with Gasteiger partial charge < -0.3 is 10.2 Å². The first-order chi connectivity index (χ1) is 9.81. The van der Waals surface area contributed by atoms with E-state index >= 15 is 0 Å². The predicted octanol–water partition coefficient (Wildman–Crippen LogP) is 1.12. The summed E-state index contributed by atoms with van der Waals surface area (Å²) in [6, 6.07) is 0.532. The van der Waals surface area contributed by atoms with Crippen molar-refractivity contribution in [1.29, 1.82) is 0 Å². The van der Waals surface area contributed by atoms with Gasteiger partial charge in [-0.05, 0) is 18.3 Å². The van der Waals surface area contributed by atoms with E-state index in [-0.39, 0.29) is 0 Å². The van der Waals surface area contributed by atoms with Crippen LogP contribution in [0.25, 0.3) is 0 Å². The van der Waals surface area contributed by atoms with E-state index in [0.717, 1.165) is 26.2 Å². The highest BCUT2D eigenvalue weighted by atomic mass is 32.2. The van der Waals surface area contributed by atoms with Crippen LogP contribution in [0.4, 0.5) is 0 Å². The molecule has 0 spiro atoms. The molecule has 0 radical (unpaired) electrons. The fraction of sp³-hybridized carbons (Fsp3) is 1.00. The minimum absolute atomic E-state index is 0.400. The fourth-order valence-electron chi connectivity index (χ4n) is 3.63. The molecule has 1 saturated heterocycles. The zero-order valence-corrected chi connectivity index (χ0v) is 14.6. The Kier molecular flexibility index (Phi) is 5.68. The zero-order valence-electron chi connectivity index (χ0n) is 13.8. The molecule has 2 aliphatic rings. The Balaban J connectivity index is 1.88. The Morgan fingerprint density at radius 2 is 1.67 bits per heavy atom. The van der Waals surface area contributed by atoms with E-state index in [2.05, 4.69) is 24.1 Å². The Bertz CT molecular complexity index is 422. The van der Waals surface area contributed by atoms with E-state index in [1.807, 2.05) is 0 Å². The summed E-state index contributed by atoms with van der Waals surface area (Å²) in [5.74, 6) is 0. The first-order valence-electron chi connectivity index (χ1n) is 8.22. The number of piperazine rings is 1. The highest BCUT2D eigenvalue weighted by Gasteiger charge is 2.36. The minimum Gasteiger partial charge on any atom is -0.314 e. The topological polar surface area (TPSA) is 52.6 Å². The lowest BCUT2D eigenvalue weighted by Crippen LogP contribution is -2.52. The van der Waals surface area contributed by atoms with Crippen molar-refractivity contribution >= 4 is 10.0 Å². The SMILES string of the molecule is CC(C)NCC1(CN2CCN(S(C)(=O)=O)CC2)CCCC1. The largest absolute Gasteiger partial charge is 0.314 e. The average Bonchev–Trinajstić information content (AvgIpc) is 2.85. The lowest BCUT2D eigenvalue weighted by molar-refractivity contribution is 0.112. The maximum absolute atomic E-state index is 11.6. The van der Waals surface area contributed by atoms with Crippen LogP contribution in [0, 0.1) is 5.41 Å². The van der Waals surface area contributed by atoms with E-state index in [1.165, 1.54) is 31.9 Å². The van der Waals surface area contributed by atoms with Crippen LogP contribution < -0.4 is 5.32 Å². The Morgan fingerprint density at radius 3 is 2.14 bits per heavy atom. The highest BCUT2D eigenvalue weighted by Crippen LogP contribution is 2.38. The molecular formula is C15H31N3O2S. The van der Waals surface area contributed by atoms with Crippen LogP contribution in [-0.2, 0) is 10.0 Å². The van der Waals surface area contributed by atoms with Crippen LogP contribution in [0.1, 0.15) is 39.5 Å². The molecule has 0 aromatic rings. The molecule has 6 heteroatoms. The van der Waals surface area contributed by atoms with Crippen molar-refractivity contribution in [3.8, 4) is 0 Å². The number of hydrogen-bond acceptors (Lipinski definition) is 4. The molecule has 0 unspecified atom stereocenters. The van der Waals surface area contributed by atoms with Gasteiger partial charge in [-0.1, -0.05) is 26.7 Å². The summed E-state index contributed by atoms with van der Waals surface area (Å²) < 4.78 is 24.8. The normalized spacial score (nSPS) is 24.8. The molecule has 0 bridgehead atoms. The van der Waals surface area contributed by atoms with Crippen LogP contribution in [0.2, 0.25) is 0 Å². The van der Waals surface area contributed by atoms with Crippen LogP contribution >= 0.6 is 0 Å². The molecule has 1 aliphatic heterocycles. The molecule has 0 amide bonds. The van der Waals surface area contributed by atoms with Crippen molar-refractivity contribution < 1.29 is 8.42 Å². The van der Waals surface area contributed by atoms with Crippen molar-refractivity contribution in [3.63, 3.8) is 0 Å². The zero-order chi connectivity index (χ0) is 15.5. The van der Waals surface area contributed by atoms with Gasteiger partial charge in [-0.3, -0.25) is 0 Å². The van der Waals surface area contributed by atoms with E-state index < -0.39 is 10.0 Å². The highest BCUT2D eigenvalue weighted by molar-refractivity contribution is 7.88. The Labute approximate surface area is 130 Å². The van der Waals surface area contributed by atoms with Crippen molar-refractivity contribution in [2.24, 2.45) is 5.41 Å². The average molecular weight is 317 g/mol. The van der Waals surface area contributed by atoms with Gasteiger partial charge in [0.25, 0.3) is 0 Å². The van der Waals surface area contributed by atoms with Gasteiger partial charge in [0.2, 0.25) is 10.0 Å². The molecule has 0 atom stereocenters. The number of rotatable bonds is 6. The van der Waals surface area contributed by atoms with Gasteiger partial charge >= 0.3 is 0 Å². The van der Waals surface area contributed by atoms with Crippen LogP contribution in [0.5, 0.6) is 0 Å². The monoisotopic (exact) mass is 317 g/mol. The van der Waals surface area contributed by atoms with Crippen LogP contribution in [-0.4, -0.2) is 69.2 Å². The summed E-state index contributed by atoms with van der Waals surface area (Å²) in [7, 11) is -3.02. The van der Waals surface area contributed by atoms with Gasteiger partial charge in [0.1, 0.15) is 0 Å². The number of sulfonamides is 1. The third-order valence-corrected chi connectivity index (χ3v) is 6.21. The molecular weight excluding hydrogens is 286 g/mol. The smallest absolute Gasteiger partial charge is 0.211 e. The molecule has 1 N–H and O–H groups in total. The van der Waals surface area contributed by atoms with Gasteiger partial charge in [0.15, 0.2) is 0 Å². The van der Waals surface area contributed by atoms with Crippen molar-refractivity contribution in [2.75, 3.05) is 45.5 Å². The lowest BCUT2D eigenvalue weighted by atomic mass is 9.85. The molecule has 5 nitrogen and oxygen atoms in total. The number of hydrogen-bond donors (Lipinski definition) is 1. The van der Waals surface area contributed by atoms with Crippen LogP contribution in [0.15, 0.2) is 0 Å².